The molecule has 0 aromatic heterocycles. The highest BCUT2D eigenvalue weighted by Crippen LogP contribution is 2.26. The topological polar surface area (TPSA) is 44.8 Å². The normalized spacial score (nSPS) is 10.8. The zero-order valence-electron chi connectivity index (χ0n) is 21.2. The van der Waals surface area contributed by atoms with E-state index in [0.29, 0.717) is 18.1 Å². The molecule has 0 fully saturated rings. The van der Waals surface area contributed by atoms with Crippen molar-refractivity contribution in [2.75, 3.05) is 20.3 Å². The first-order chi connectivity index (χ1) is 18.5. The van der Waals surface area contributed by atoms with Gasteiger partial charge in [0.1, 0.15) is 23.9 Å². The minimum Gasteiger partial charge on any atom is -0.489 e. The van der Waals surface area contributed by atoms with Gasteiger partial charge in [0.2, 0.25) is 0 Å². The molecule has 0 atom stereocenters. The highest BCUT2D eigenvalue weighted by atomic mass is 19.1. The molecule has 0 saturated heterocycles. The molecule has 0 saturated carbocycles. The van der Waals surface area contributed by atoms with E-state index in [1.807, 2.05) is 73.7 Å². The molecule has 4 aromatic rings. The van der Waals surface area contributed by atoms with Crippen LogP contribution in [0.4, 0.5) is 4.39 Å². The quantitative estimate of drug-likeness (QED) is 0.200. The molecule has 0 N–H and O–H groups in total. The van der Waals surface area contributed by atoms with Crippen LogP contribution in [0.25, 0.3) is 5.57 Å². The Kier molecular flexibility index (Phi) is 8.93. The average Bonchev–Trinajstić information content (AvgIpc) is 2.95. The van der Waals surface area contributed by atoms with Crippen LogP contribution in [0.2, 0.25) is 0 Å². The fourth-order valence-corrected chi connectivity index (χ4v) is 3.72. The Labute approximate surface area is 222 Å². The summed E-state index contributed by atoms with van der Waals surface area (Å²) in [5, 5.41) is 0. The van der Waals surface area contributed by atoms with E-state index in [2.05, 4.69) is 16.6 Å². The molecule has 0 unspecified atom stereocenters. The van der Waals surface area contributed by atoms with Gasteiger partial charge in [-0.05, 0) is 89.9 Å². The Balaban J connectivity index is 1.50. The lowest BCUT2D eigenvalue weighted by atomic mass is 9.96. The van der Waals surface area contributed by atoms with Crippen molar-refractivity contribution in [2.45, 2.75) is 6.92 Å². The Morgan fingerprint density at radius 3 is 2.08 bits per heavy atom. The smallest absolute Gasteiger partial charge is 0.343 e. The van der Waals surface area contributed by atoms with Crippen LogP contribution in [0.5, 0.6) is 11.5 Å². The van der Waals surface area contributed by atoms with Crippen molar-refractivity contribution in [2.24, 2.45) is 0 Å². The van der Waals surface area contributed by atoms with E-state index in [1.54, 1.807) is 24.3 Å². The minimum atomic E-state index is -0.445. The monoisotopic (exact) mass is 506 g/mol. The fraction of sp³-hybridized carbons (Fsp3) is 0.121. The largest absolute Gasteiger partial charge is 0.489 e. The molecule has 5 heteroatoms. The number of carbonyl (C=O) groups is 1. The van der Waals surface area contributed by atoms with Gasteiger partial charge in [0.05, 0.1) is 7.11 Å². The molecule has 4 rings (SSSR count). The van der Waals surface area contributed by atoms with Crippen molar-refractivity contribution >= 4 is 11.5 Å². The van der Waals surface area contributed by atoms with Gasteiger partial charge in [-0.2, -0.15) is 0 Å². The van der Waals surface area contributed by atoms with Crippen molar-refractivity contribution in [3.05, 3.63) is 137 Å². The molecular weight excluding hydrogens is 479 g/mol. The number of halogens is 1. The van der Waals surface area contributed by atoms with E-state index in [4.69, 9.17) is 9.47 Å². The van der Waals surface area contributed by atoms with Gasteiger partial charge < -0.3 is 14.2 Å². The van der Waals surface area contributed by atoms with E-state index < -0.39 is 5.97 Å². The van der Waals surface area contributed by atoms with E-state index in [9.17, 15) is 9.18 Å². The number of methoxy groups -OCH3 is 1. The lowest BCUT2D eigenvalue weighted by Gasteiger charge is -2.12. The summed E-state index contributed by atoms with van der Waals surface area (Å²) >= 11 is 0. The first-order valence-electron chi connectivity index (χ1n) is 12.1. The van der Waals surface area contributed by atoms with Crippen LogP contribution in [-0.2, 0) is 9.53 Å². The van der Waals surface area contributed by atoms with Gasteiger partial charge in [0.15, 0.2) is 6.61 Å². The second-order valence-electron chi connectivity index (χ2n) is 8.42. The van der Waals surface area contributed by atoms with Crippen LogP contribution in [-0.4, -0.2) is 26.3 Å². The van der Waals surface area contributed by atoms with Crippen molar-refractivity contribution in [1.29, 1.82) is 0 Å². The average molecular weight is 507 g/mol. The van der Waals surface area contributed by atoms with Crippen LogP contribution in [0.1, 0.15) is 27.8 Å². The third kappa shape index (κ3) is 7.35. The van der Waals surface area contributed by atoms with Crippen molar-refractivity contribution < 1.29 is 23.4 Å². The number of aryl methyl sites for hydroxylation is 1. The number of hydrogen-bond donors (Lipinski definition) is 0. The third-order valence-corrected chi connectivity index (χ3v) is 5.73. The Bertz CT molecular complexity index is 1460. The van der Waals surface area contributed by atoms with Gasteiger partial charge in [0.25, 0.3) is 0 Å². The SMILES string of the molecule is COC(=O)COc1ccc(OC/C=C(/c2ccc(F)cc2)c2ccc(C#Cc3ccccc3)cc2)cc1C. The third-order valence-electron chi connectivity index (χ3n) is 5.73. The summed E-state index contributed by atoms with van der Waals surface area (Å²) in [4.78, 5) is 11.3. The van der Waals surface area contributed by atoms with Crippen LogP contribution >= 0.6 is 0 Å². The molecular formula is C33H27FO4. The molecule has 0 radical (unpaired) electrons. The highest BCUT2D eigenvalue weighted by molar-refractivity contribution is 5.80. The highest BCUT2D eigenvalue weighted by Gasteiger charge is 2.08. The van der Waals surface area contributed by atoms with Crippen molar-refractivity contribution in [1.82, 2.24) is 0 Å². The van der Waals surface area contributed by atoms with Crippen LogP contribution < -0.4 is 9.47 Å². The maximum atomic E-state index is 13.6. The van der Waals surface area contributed by atoms with Crippen molar-refractivity contribution in [3.63, 3.8) is 0 Å². The second-order valence-corrected chi connectivity index (χ2v) is 8.42. The minimum absolute atomic E-state index is 0.155. The number of benzene rings is 4. The predicted octanol–water partition coefficient (Wildman–Crippen LogP) is 6.60. The number of rotatable bonds is 8. The van der Waals surface area contributed by atoms with Crippen LogP contribution in [0.15, 0.2) is 103 Å². The molecule has 4 aromatic carbocycles. The summed E-state index contributed by atoms with van der Waals surface area (Å²) in [6, 6.07) is 29.6. The van der Waals surface area contributed by atoms with E-state index in [1.165, 1.54) is 19.2 Å². The van der Waals surface area contributed by atoms with Gasteiger partial charge in [-0.25, -0.2) is 9.18 Å². The summed E-state index contributed by atoms with van der Waals surface area (Å²) in [5.41, 5.74) is 5.45. The zero-order valence-corrected chi connectivity index (χ0v) is 21.2. The van der Waals surface area contributed by atoms with Gasteiger partial charge in [0, 0.05) is 11.1 Å². The van der Waals surface area contributed by atoms with Crippen LogP contribution in [0.3, 0.4) is 0 Å². The summed E-state index contributed by atoms with van der Waals surface area (Å²) in [7, 11) is 1.32. The first-order valence-corrected chi connectivity index (χ1v) is 12.1. The number of carbonyl (C=O) groups excluding carboxylic acids is 1. The lowest BCUT2D eigenvalue weighted by Crippen LogP contribution is -2.13. The summed E-state index contributed by atoms with van der Waals surface area (Å²) in [5.74, 6) is 6.86. The Morgan fingerprint density at radius 2 is 1.45 bits per heavy atom. The zero-order chi connectivity index (χ0) is 26.7. The summed E-state index contributed by atoms with van der Waals surface area (Å²) in [6.45, 7) is 2.02. The van der Waals surface area contributed by atoms with E-state index in [-0.39, 0.29) is 12.4 Å². The first kappa shape index (κ1) is 26.2. The molecule has 38 heavy (non-hydrogen) atoms. The molecule has 0 aliphatic rings. The van der Waals surface area contributed by atoms with Crippen LogP contribution in [0, 0.1) is 24.6 Å². The number of hydrogen-bond acceptors (Lipinski definition) is 4. The molecule has 0 heterocycles. The van der Waals surface area contributed by atoms with Gasteiger partial charge in [-0.3, -0.25) is 0 Å². The fourth-order valence-electron chi connectivity index (χ4n) is 3.72. The van der Waals surface area contributed by atoms with Crippen molar-refractivity contribution in [3.8, 4) is 23.3 Å². The molecule has 0 spiro atoms. The maximum Gasteiger partial charge on any atom is 0.343 e. The lowest BCUT2D eigenvalue weighted by molar-refractivity contribution is -0.142. The summed E-state index contributed by atoms with van der Waals surface area (Å²) in [6.07, 6.45) is 1.97. The standard InChI is InChI=1S/C33H27FO4/c1-24-22-30(18-19-32(24)38-23-33(35)36-2)37-21-20-31(28-14-16-29(34)17-15-28)27-12-10-26(11-13-27)9-8-25-6-4-3-5-7-25/h3-7,10-20,22H,21,23H2,1-2H3/b31-20+. The Morgan fingerprint density at radius 1 is 0.816 bits per heavy atom. The molecule has 0 aliphatic heterocycles. The predicted molar refractivity (Wildman–Crippen MR) is 147 cm³/mol. The number of esters is 1. The number of ether oxygens (including phenoxy) is 3. The molecule has 190 valence electrons. The molecule has 0 amide bonds. The maximum absolute atomic E-state index is 13.6. The molecule has 0 aliphatic carbocycles. The van der Waals surface area contributed by atoms with E-state index >= 15 is 0 Å². The summed E-state index contributed by atoms with van der Waals surface area (Å²) < 4.78 is 29.7. The van der Waals surface area contributed by atoms with Gasteiger partial charge in [-0.1, -0.05) is 54.3 Å². The second kappa shape index (κ2) is 12.9. The van der Waals surface area contributed by atoms with Gasteiger partial charge in [-0.15, -0.1) is 0 Å². The Hall–Kier alpha value is -4.82. The van der Waals surface area contributed by atoms with Gasteiger partial charge >= 0.3 is 5.97 Å². The van der Waals surface area contributed by atoms with E-state index in [0.717, 1.165) is 33.4 Å². The molecule has 0 bridgehead atoms. The molecule has 4 nitrogen and oxygen atoms in total.